The van der Waals surface area contributed by atoms with E-state index in [1.165, 1.54) is 20.3 Å². The summed E-state index contributed by atoms with van der Waals surface area (Å²) in [5, 5.41) is 6.40. The van der Waals surface area contributed by atoms with E-state index in [-0.39, 0.29) is 10.6 Å². The minimum absolute atomic E-state index is 0.0263. The molecule has 0 atom stereocenters. The highest BCUT2D eigenvalue weighted by molar-refractivity contribution is 7.92. The Hall–Kier alpha value is -4.51. The molecular formula is C26H27N5O5S. The van der Waals surface area contributed by atoms with Gasteiger partial charge in [-0.15, -0.1) is 0 Å². The Morgan fingerprint density at radius 1 is 0.676 bits per heavy atom. The van der Waals surface area contributed by atoms with E-state index in [1.54, 1.807) is 43.5 Å². The van der Waals surface area contributed by atoms with E-state index in [0.29, 0.717) is 28.9 Å². The van der Waals surface area contributed by atoms with Gasteiger partial charge in [-0.1, -0.05) is 0 Å². The number of nitrogens with zero attached hydrogens (tertiary/aromatic N) is 2. The van der Waals surface area contributed by atoms with Crippen LogP contribution in [-0.2, 0) is 10.0 Å². The van der Waals surface area contributed by atoms with Crippen LogP contribution in [-0.4, -0.2) is 39.7 Å². The average molecular weight is 522 g/mol. The molecule has 4 rings (SSSR count). The lowest BCUT2D eigenvalue weighted by Crippen LogP contribution is -2.14. The minimum Gasteiger partial charge on any atom is -0.497 e. The van der Waals surface area contributed by atoms with Crippen molar-refractivity contribution in [3.63, 3.8) is 0 Å². The molecule has 10 nitrogen and oxygen atoms in total. The summed E-state index contributed by atoms with van der Waals surface area (Å²) in [7, 11) is 0.571. The van der Waals surface area contributed by atoms with E-state index < -0.39 is 10.0 Å². The van der Waals surface area contributed by atoms with Crippen LogP contribution in [0.1, 0.15) is 5.69 Å². The molecule has 192 valence electrons. The number of anilines is 5. The molecule has 0 saturated carbocycles. The van der Waals surface area contributed by atoms with Crippen LogP contribution in [0, 0.1) is 6.92 Å². The van der Waals surface area contributed by atoms with E-state index in [4.69, 9.17) is 14.2 Å². The minimum atomic E-state index is -3.92. The lowest BCUT2D eigenvalue weighted by Gasteiger charge is -2.13. The van der Waals surface area contributed by atoms with Gasteiger partial charge in [-0.25, -0.2) is 13.4 Å². The maximum Gasteiger partial charge on any atom is 0.265 e. The molecule has 4 aromatic rings. The van der Waals surface area contributed by atoms with Gasteiger partial charge in [-0.2, -0.15) is 4.98 Å². The average Bonchev–Trinajstić information content (AvgIpc) is 2.89. The first kappa shape index (κ1) is 25.6. The van der Waals surface area contributed by atoms with Crippen molar-refractivity contribution >= 4 is 38.9 Å². The molecule has 1 aromatic heterocycles. The van der Waals surface area contributed by atoms with Gasteiger partial charge in [-0.3, -0.25) is 4.72 Å². The summed E-state index contributed by atoms with van der Waals surface area (Å²) in [4.78, 5) is 8.93. The Balaban J connectivity index is 1.47. The summed E-state index contributed by atoms with van der Waals surface area (Å²) in [6, 6.07) is 20.6. The van der Waals surface area contributed by atoms with Gasteiger partial charge in [-0.05, 0) is 67.6 Å². The predicted octanol–water partition coefficient (Wildman–Crippen LogP) is 5.10. The topological polar surface area (TPSA) is 124 Å². The highest BCUT2D eigenvalue weighted by Gasteiger charge is 2.21. The van der Waals surface area contributed by atoms with Gasteiger partial charge in [0.25, 0.3) is 10.0 Å². The molecule has 0 aliphatic carbocycles. The van der Waals surface area contributed by atoms with Crippen molar-refractivity contribution in [2.45, 2.75) is 11.8 Å². The lowest BCUT2D eigenvalue weighted by molar-refractivity contribution is 0.392. The van der Waals surface area contributed by atoms with Crippen LogP contribution in [0.4, 0.5) is 28.8 Å². The van der Waals surface area contributed by atoms with Gasteiger partial charge >= 0.3 is 0 Å². The smallest absolute Gasteiger partial charge is 0.265 e. The summed E-state index contributed by atoms with van der Waals surface area (Å²) in [5.41, 5.74) is 2.68. The molecule has 0 spiro atoms. The van der Waals surface area contributed by atoms with E-state index in [1.807, 2.05) is 37.3 Å². The zero-order valence-electron chi connectivity index (χ0n) is 20.8. The Morgan fingerprint density at radius 2 is 1.27 bits per heavy atom. The Bertz CT molecular complexity index is 1480. The highest BCUT2D eigenvalue weighted by Crippen LogP contribution is 2.30. The summed E-state index contributed by atoms with van der Waals surface area (Å²) in [6.45, 7) is 1.87. The summed E-state index contributed by atoms with van der Waals surface area (Å²) in [5.74, 6) is 2.39. The SMILES string of the molecule is COc1ccc(Nc2cc(C)nc(Nc3ccc(NS(=O)(=O)c4cc(OC)ccc4OC)cc3)n2)cc1. The van der Waals surface area contributed by atoms with E-state index >= 15 is 0 Å². The third-order valence-electron chi connectivity index (χ3n) is 5.27. The third kappa shape index (κ3) is 6.39. The van der Waals surface area contributed by atoms with Crippen LogP contribution < -0.4 is 29.6 Å². The maximum atomic E-state index is 13.0. The molecule has 11 heteroatoms. The first-order valence-electron chi connectivity index (χ1n) is 11.2. The van der Waals surface area contributed by atoms with Crippen molar-refractivity contribution < 1.29 is 22.6 Å². The van der Waals surface area contributed by atoms with Gasteiger partial charge < -0.3 is 24.8 Å². The monoisotopic (exact) mass is 521 g/mol. The molecule has 0 bridgehead atoms. The second-order valence-corrected chi connectivity index (χ2v) is 9.55. The molecule has 37 heavy (non-hydrogen) atoms. The molecule has 0 aliphatic heterocycles. The van der Waals surface area contributed by atoms with Crippen molar-refractivity contribution in [3.8, 4) is 17.2 Å². The fourth-order valence-corrected chi connectivity index (χ4v) is 4.71. The second-order valence-electron chi connectivity index (χ2n) is 7.90. The number of sulfonamides is 1. The van der Waals surface area contributed by atoms with Crippen molar-refractivity contribution in [3.05, 3.63) is 78.5 Å². The normalized spacial score (nSPS) is 10.9. The molecule has 0 amide bonds. The summed E-state index contributed by atoms with van der Waals surface area (Å²) < 4.78 is 44.1. The Kier molecular flexibility index (Phi) is 7.63. The number of methoxy groups -OCH3 is 3. The second kappa shape index (κ2) is 11.0. The fraction of sp³-hybridized carbons (Fsp3) is 0.154. The number of hydrogen-bond donors (Lipinski definition) is 3. The van der Waals surface area contributed by atoms with Crippen molar-refractivity contribution in [1.29, 1.82) is 0 Å². The molecule has 3 aromatic carbocycles. The van der Waals surface area contributed by atoms with Crippen LogP contribution in [0.5, 0.6) is 17.2 Å². The molecule has 0 aliphatic rings. The number of hydrogen-bond acceptors (Lipinski definition) is 9. The zero-order valence-corrected chi connectivity index (χ0v) is 21.6. The first-order chi connectivity index (χ1) is 17.8. The zero-order chi connectivity index (χ0) is 26.4. The molecular weight excluding hydrogens is 494 g/mol. The molecule has 0 fully saturated rings. The number of aryl methyl sites for hydroxylation is 1. The quantitative estimate of drug-likeness (QED) is 0.261. The van der Waals surface area contributed by atoms with Crippen molar-refractivity contribution in [2.24, 2.45) is 0 Å². The molecule has 0 unspecified atom stereocenters. The number of benzene rings is 3. The van der Waals surface area contributed by atoms with Crippen LogP contribution in [0.25, 0.3) is 0 Å². The number of aromatic nitrogens is 2. The lowest BCUT2D eigenvalue weighted by atomic mass is 10.3. The number of rotatable bonds is 10. The molecule has 1 heterocycles. The highest BCUT2D eigenvalue weighted by atomic mass is 32.2. The molecule has 3 N–H and O–H groups in total. The standard InChI is InChI=1S/C26H27N5O5S/c1-17-15-25(28-18-9-11-21(34-2)12-10-18)30-26(27-17)29-19-5-7-20(8-6-19)31-37(32,33)24-16-22(35-3)13-14-23(24)36-4/h5-16,31H,1-4H3,(H2,27,28,29,30). The fourth-order valence-electron chi connectivity index (χ4n) is 3.47. The van der Waals surface area contributed by atoms with Crippen molar-refractivity contribution in [1.82, 2.24) is 9.97 Å². The van der Waals surface area contributed by atoms with Crippen LogP contribution in [0.15, 0.2) is 77.7 Å². The maximum absolute atomic E-state index is 13.0. The van der Waals surface area contributed by atoms with E-state index in [0.717, 1.165) is 17.1 Å². The van der Waals surface area contributed by atoms with Gasteiger partial charge in [0.15, 0.2) is 0 Å². The first-order valence-corrected chi connectivity index (χ1v) is 12.7. The van der Waals surface area contributed by atoms with Gasteiger partial charge in [0.1, 0.15) is 28.0 Å². The third-order valence-corrected chi connectivity index (χ3v) is 6.67. The van der Waals surface area contributed by atoms with Gasteiger partial charge in [0, 0.05) is 34.9 Å². The Labute approximate surface area is 215 Å². The van der Waals surface area contributed by atoms with Crippen molar-refractivity contribution in [2.75, 3.05) is 36.7 Å². The van der Waals surface area contributed by atoms with Gasteiger partial charge in [0.2, 0.25) is 5.95 Å². The van der Waals surface area contributed by atoms with E-state index in [9.17, 15) is 8.42 Å². The Morgan fingerprint density at radius 3 is 1.92 bits per heavy atom. The molecule has 0 saturated heterocycles. The van der Waals surface area contributed by atoms with Crippen LogP contribution in [0.3, 0.4) is 0 Å². The number of ether oxygens (including phenoxy) is 3. The summed E-state index contributed by atoms with van der Waals surface area (Å²) >= 11 is 0. The number of nitrogens with one attached hydrogen (secondary N) is 3. The largest absolute Gasteiger partial charge is 0.497 e. The van der Waals surface area contributed by atoms with E-state index in [2.05, 4.69) is 25.3 Å². The summed E-state index contributed by atoms with van der Waals surface area (Å²) in [6.07, 6.45) is 0. The van der Waals surface area contributed by atoms with Crippen LogP contribution >= 0.6 is 0 Å². The van der Waals surface area contributed by atoms with Crippen LogP contribution in [0.2, 0.25) is 0 Å². The predicted molar refractivity (Wildman–Crippen MR) is 143 cm³/mol. The molecule has 0 radical (unpaired) electrons. The van der Waals surface area contributed by atoms with Gasteiger partial charge in [0.05, 0.1) is 21.3 Å².